The number of aromatic nitrogens is 1. The monoisotopic (exact) mass is 260 g/mol. The Morgan fingerprint density at radius 3 is 2.17 bits per heavy atom. The van der Waals surface area contributed by atoms with Crippen LogP contribution < -0.4 is 5.32 Å². The number of halogens is 1. The molecule has 2 aromatic rings. The van der Waals surface area contributed by atoms with E-state index in [1.807, 2.05) is 31.6 Å². The third-order valence-electron chi connectivity index (χ3n) is 3.27. The molecule has 0 amide bonds. The van der Waals surface area contributed by atoms with Crippen LogP contribution in [-0.4, -0.2) is 12.0 Å². The molecule has 1 aromatic carbocycles. The number of nitrogens with one attached hydrogen (secondary N) is 1. The maximum absolute atomic E-state index is 5.93. The quantitative estimate of drug-likeness (QED) is 0.905. The maximum atomic E-state index is 5.93. The number of benzene rings is 1. The normalized spacial score (nSPS) is 14.2. The zero-order chi connectivity index (χ0) is 13.0. The van der Waals surface area contributed by atoms with Gasteiger partial charge in [-0.1, -0.05) is 30.7 Å². The van der Waals surface area contributed by atoms with Crippen LogP contribution in [0.2, 0.25) is 5.02 Å². The van der Waals surface area contributed by atoms with Gasteiger partial charge in [-0.3, -0.25) is 4.98 Å². The molecule has 1 N–H and O–H groups in total. The second-order valence-electron chi connectivity index (χ2n) is 4.39. The van der Waals surface area contributed by atoms with Crippen molar-refractivity contribution in [2.45, 2.75) is 18.9 Å². The Kier molecular flexibility index (Phi) is 4.34. The summed E-state index contributed by atoms with van der Waals surface area (Å²) in [6.45, 7) is 2.21. The molecule has 1 heterocycles. The van der Waals surface area contributed by atoms with E-state index in [1.165, 1.54) is 11.1 Å². The van der Waals surface area contributed by atoms with Crippen LogP contribution in [0.1, 0.15) is 30.0 Å². The van der Waals surface area contributed by atoms with Gasteiger partial charge in [0.2, 0.25) is 0 Å². The van der Waals surface area contributed by atoms with Gasteiger partial charge < -0.3 is 5.32 Å². The molecule has 94 valence electrons. The molecule has 0 bridgehead atoms. The van der Waals surface area contributed by atoms with Crippen LogP contribution in [0.15, 0.2) is 48.8 Å². The van der Waals surface area contributed by atoms with Crippen LogP contribution in [0.25, 0.3) is 0 Å². The van der Waals surface area contributed by atoms with Gasteiger partial charge in [-0.15, -0.1) is 0 Å². The van der Waals surface area contributed by atoms with E-state index >= 15 is 0 Å². The number of rotatable bonds is 4. The second kappa shape index (κ2) is 5.98. The van der Waals surface area contributed by atoms with Crippen molar-refractivity contribution in [2.75, 3.05) is 7.05 Å². The highest BCUT2D eigenvalue weighted by Crippen LogP contribution is 2.30. The average molecular weight is 261 g/mol. The van der Waals surface area contributed by atoms with E-state index in [4.69, 9.17) is 11.6 Å². The first-order valence-electron chi connectivity index (χ1n) is 6.05. The number of nitrogens with zero attached hydrogens (tertiary/aromatic N) is 1. The van der Waals surface area contributed by atoms with Crippen molar-refractivity contribution in [3.63, 3.8) is 0 Å². The van der Waals surface area contributed by atoms with Crippen LogP contribution in [0, 0.1) is 0 Å². The van der Waals surface area contributed by atoms with E-state index < -0.39 is 0 Å². The predicted octanol–water partition coefficient (Wildman–Crippen LogP) is 3.80. The molecule has 0 aliphatic carbocycles. The third kappa shape index (κ3) is 2.89. The van der Waals surface area contributed by atoms with Crippen molar-refractivity contribution in [3.05, 3.63) is 64.9 Å². The molecular formula is C15H17ClN2. The fourth-order valence-corrected chi connectivity index (χ4v) is 2.36. The summed E-state index contributed by atoms with van der Waals surface area (Å²) in [7, 11) is 1.98. The highest BCUT2D eigenvalue weighted by Gasteiger charge is 2.18. The van der Waals surface area contributed by atoms with Gasteiger partial charge in [0.25, 0.3) is 0 Å². The fraction of sp³-hybridized carbons (Fsp3) is 0.267. The molecule has 0 aliphatic heterocycles. The minimum absolute atomic E-state index is 0.268. The summed E-state index contributed by atoms with van der Waals surface area (Å²) in [6, 6.07) is 12.4. The Morgan fingerprint density at radius 2 is 1.61 bits per heavy atom. The molecule has 18 heavy (non-hydrogen) atoms. The smallest absolute Gasteiger partial charge is 0.0406 e. The first-order valence-corrected chi connectivity index (χ1v) is 6.43. The van der Waals surface area contributed by atoms with Crippen LogP contribution in [0.4, 0.5) is 0 Å². The lowest BCUT2D eigenvalue weighted by Gasteiger charge is -2.24. The highest BCUT2D eigenvalue weighted by atomic mass is 35.5. The molecule has 2 rings (SSSR count). The fourth-order valence-electron chi connectivity index (χ4n) is 2.23. The maximum Gasteiger partial charge on any atom is 0.0406 e. The Balaban J connectivity index is 2.26. The lowest BCUT2D eigenvalue weighted by atomic mass is 9.89. The third-order valence-corrected chi connectivity index (χ3v) is 3.52. The van der Waals surface area contributed by atoms with E-state index in [0.717, 1.165) is 5.02 Å². The first-order chi connectivity index (χ1) is 8.72. The van der Waals surface area contributed by atoms with Crippen molar-refractivity contribution >= 4 is 11.6 Å². The average Bonchev–Trinajstić information content (AvgIpc) is 2.42. The molecule has 2 atom stereocenters. The van der Waals surface area contributed by atoms with Gasteiger partial charge in [-0.25, -0.2) is 0 Å². The van der Waals surface area contributed by atoms with E-state index in [9.17, 15) is 0 Å². The van der Waals surface area contributed by atoms with Crippen molar-refractivity contribution in [3.8, 4) is 0 Å². The van der Waals surface area contributed by atoms with Crippen molar-refractivity contribution in [1.82, 2.24) is 10.3 Å². The van der Waals surface area contributed by atoms with E-state index in [1.54, 1.807) is 0 Å². The molecule has 0 radical (unpaired) electrons. The topological polar surface area (TPSA) is 24.9 Å². The number of hydrogen-bond donors (Lipinski definition) is 1. The number of likely N-dealkylation sites (N-methyl/N-ethyl adjacent to an activating group) is 1. The Labute approximate surface area is 113 Å². The molecule has 0 saturated carbocycles. The standard InChI is InChI=1S/C15H17ClN2/c1-11(12-7-9-18-10-8-12)15(17-2)13-3-5-14(16)6-4-13/h3-11,15,17H,1-2H3. The zero-order valence-corrected chi connectivity index (χ0v) is 11.4. The highest BCUT2D eigenvalue weighted by molar-refractivity contribution is 6.30. The van der Waals surface area contributed by atoms with Crippen molar-refractivity contribution in [2.24, 2.45) is 0 Å². The van der Waals surface area contributed by atoms with Gasteiger partial charge in [0.05, 0.1) is 0 Å². The summed E-state index contributed by atoms with van der Waals surface area (Å²) < 4.78 is 0. The summed E-state index contributed by atoms with van der Waals surface area (Å²) in [6.07, 6.45) is 3.67. The van der Waals surface area contributed by atoms with Crippen LogP contribution in [0.3, 0.4) is 0 Å². The van der Waals surface area contributed by atoms with Gasteiger partial charge in [0.1, 0.15) is 0 Å². The lowest BCUT2D eigenvalue weighted by Crippen LogP contribution is -2.22. The molecule has 3 heteroatoms. The Bertz CT molecular complexity index is 482. The van der Waals surface area contributed by atoms with Crippen LogP contribution in [-0.2, 0) is 0 Å². The minimum atomic E-state index is 0.268. The molecule has 0 saturated heterocycles. The van der Waals surface area contributed by atoms with E-state index in [2.05, 4.69) is 41.5 Å². The Hall–Kier alpha value is -1.38. The molecule has 2 nitrogen and oxygen atoms in total. The lowest BCUT2D eigenvalue weighted by molar-refractivity contribution is 0.507. The van der Waals surface area contributed by atoms with Gasteiger partial charge in [-0.05, 0) is 42.4 Å². The summed E-state index contributed by atoms with van der Waals surface area (Å²) >= 11 is 5.93. The molecule has 0 aliphatic rings. The predicted molar refractivity (Wildman–Crippen MR) is 75.9 cm³/mol. The first kappa shape index (κ1) is 13.1. The largest absolute Gasteiger partial charge is 0.312 e. The number of hydrogen-bond acceptors (Lipinski definition) is 2. The van der Waals surface area contributed by atoms with E-state index in [0.29, 0.717) is 5.92 Å². The molecule has 0 spiro atoms. The van der Waals surface area contributed by atoms with Crippen molar-refractivity contribution in [1.29, 1.82) is 0 Å². The van der Waals surface area contributed by atoms with Gasteiger partial charge >= 0.3 is 0 Å². The molecule has 0 fully saturated rings. The molecule has 1 aromatic heterocycles. The summed E-state index contributed by atoms with van der Waals surface area (Å²) in [5.74, 6) is 0.374. The summed E-state index contributed by atoms with van der Waals surface area (Å²) in [5.41, 5.74) is 2.52. The van der Waals surface area contributed by atoms with Crippen LogP contribution in [0.5, 0.6) is 0 Å². The van der Waals surface area contributed by atoms with Crippen molar-refractivity contribution < 1.29 is 0 Å². The Morgan fingerprint density at radius 1 is 1.00 bits per heavy atom. The zero-order valence-electron chi connectivity index (χ0n) is 10.6. The second-order valence-corrected chi connectivity index (χ2v) is 4.82. The van der Waals surface area contributed by atoms with Gasteiger partial charge in [0.15, 0.2) is 0 Å². The number of pyridine rings is 1. The van der Waals surface area contributed by atoms with Gasteiger partial charge in [-0.2, -0.15) is 0 Å². The molecule has 2 unspecified atom stereocenters. The van der Waals surface area contributed by atoms with Gasteiger partial charge in [0, 0.05) is 29.4 Å². The van der Waals surface area contributed by atoms with E-state index in [-0.39, 0.29) is 6.04 Å². The SMILES string of the molecule is CNC(c1ccc(Cl)cc1)C(C)c1ccncc1. The molecular weight excluding hydrogens is 244 g/mol. The summed E-state index contributed by atoms with van der Waals surface area (Å²) in [4.78, 5) is 4.06. The summed E-state index contributed by atoms with van der Waals surface area (Å²) in [5, 5.41) is 4.14. The minimum Gasteiger partial charge on any atom is -0.312 e. The van der Waals surface area contributed by atoms with Crippen LogP contribution >= 0.6 is 11.6 Å².